The summed E-state index contributed by atoms with van der Waals surface area (Å²) in [6.45, 7) is 7.07. The number of likely N-dealkylation sites (N-methyl/N-ethyl adjacent to an activating group) is 1. The maximum Gasteiger partial charge on any atom is 0.333 e. The summed E-state index contributed by atoms with van der Waals surface area (Å²) in [6.07, 6.45) is 1.95. The molecule has 1 heterocycles. The molecule has 0 radical (unpaired) electrons. The van der Waals surface area contributed by atoms with E-state index in [1.54, 1.807) is 6.92 Å². The highest BCUT2D eigenvalue weighted by Crippen LogP contribution is 2.19. The van der Waals surface area contributed by atoms with Crippen molar-refractivity contribution in [2.45, 2.75) is 19.9 Å². The number of esters is 1. The molecule has 1 aliphatic heterocycles. The van der Waals surface area contributed by atoms with Gasteiger partial charge in [-0.25, -0.2) is 4.79 Å². The average Bonchev–Trinajstić information content (AvgIpc) is 2.66. The van der Waals surface area contributed by atoms with Crippen molar-refractivity contribution >= 4 is 5.97 Å². The van der Waals surface area contributed by atoms with Crippen molar-refractivity contribution in [1.82, 2.24) is 9.80 Å². The van der Waals surface area contributed by atoms with E-state index in [4.69, 9.17) is 0 Å². The molecule has 0 bridgehead atoms. The number of hydrogen-bond acceptors (Lipinski definition) is 4. The number of carbonyl (C=O) groups is 1. The lowest BCUT2D eigenvalue weighted by molar-refractivity contribution is -0.136. The Labute approximate surface area is 104 Å². The molecule has 0 amide bonds. The molecule has 0 spiro atoms. The molecule has 98 valence electrons. The van der Waals surface area contributed by atoms with Crippen molar-refractivity contribution in [3.63, 3.8) is 0 Å². The van der Waals surface area contributed by atoms with E-state index in [1.165, 1.54) is 7.11 Å². The zero-order valence-electron chi connectivity index (χ0n) is 11.6. The Morgan fingerprint density at radius 1 is 1.47 bits per heavy atom. The molecule has 0 aliphatic carbocycles. The maximum atomic E-state index is 11.2. The van der Waals surface area contributed by atoms with Crippen molar-refractivity contribution in [2.24, 2.45) is 5.92 Å². The van der Waals surface area contributed by atoms with Gasteiger partial charge < -0.3 is 9.64 Å². The van der Waals surface area contributed by atoms with Gasteiger partial charge in [-0.3, -0.25) is 4.90 Å². The van der Waals surface area contributed by atoms with E-state index in [0.29, 0.717) is 17.5 Å². The molecule has 0 aromatic rings. The highest BCUT2D eigenvalue weighted by atomic mass is 16.5. The predicted octanol–water partition coefficient (Wildman–Crippen LogP) is 0.988. The van der Waals surface area contributed by atoms with Gasteiger partial charge in [-0.15, -0.1) is 0 Å². The Bertz CT molecular complexity index is 300. The molecule has 0 saturated carbocycles. The fraction of sp³-hybridized carbons (Fsp3) is 0.769. The fourth-order valence-electron chi connectivity index (χ4n) is 2.38. The van der Waals surface area contributed by atoms with Crippen LogP contribution in [-0.2, 0) is 9.53 Å². The smallest absolute Gasteiger partial charge is 0.333 e. The van der Waals surface area contributed by atoms with E-state index in [2.05, 4.69) is 35.6 Å². The zero-order chi connectivity index (χ0) is 13.0. The van der Waals surface area contributed by atoms with E-state index in [-0.39, 0.29) is 5.97 Å². The number of carbonyl (C=O) groups excluding carboxylic acids is 1. The van der Waals surface area contributed by atoms with E-state index in [1.807, 2.05) is 6.08 Å². The lowest BCUT2D eigenvalue weighted by Crippen LogP contribution is -2.34. The van der Waals surface area contributed by atoms with E-state index < -0.39 is 0 Å². The Balaban J connectivity index is 2.48. The maximum absolute atomic E-state index is 11.2. The summed E-state index contributed by atoms with van der Waals surface area (Å²) >= 11 is 0. The molecule has 1 aliphatic rings. The lowest BCUT2D eigenvalue weighted by Gasteiger charge is -2.22. The number of nitrogens with zero attached hydrogens (tertiary/aromatic N) is 2. The highest BCUT2D eigenvalue weighted by molar-refractivity contribution is 5.87. The van der Waals surface area contributed by atoms with Crippen molar-refractivity contribution in [2.75, 3.05) is 40.8 Å². The molecule has 0 N–H and O–H groups in total. The Morgan fingerprint density at radius 2 is 2.12 bits per heavy atom. The summed E-state index contributed by atoms with van der Waals surface area (Å²) in [7, 11) is 5.67. The molecule has 0 aromatic heterocycles. The van der Waals surface area contributed by atoms with Crippen LogP contribution in [0.4, 0.5) is 0 Å². The van der Waals surface area contributed by atoms with E-state index >= 15 is 0 Å². The van der Waals surface area contributed by atoms with Crippen LogP contribution in [0.15, 0.2) is 11.6 Å². The average molecular weight is 240 g/mol. The summed E-state index contributed by atoms with van der Waals surface area (Å²) in [4.78, 5) is 15.9. The molecular weight excluding hydrogens is 216 g/mol. The quantitative estimate of drug-likeness (QED) is 0.542. The van der Waals surface area contributed by atoms with Gasteiger partial charge in [0.25, 0.3) is 0 Å². The molecule has 1 fully saturated rings. The van der Waals surface area contributed by atoms with Gasteiger partial charge in [0.15, 0.2) is 0 Å². The SMILES string of the molecule is COC(=O)C(C)=CCN1CC(C)C(N(C)C)C1. The van der Waals surface area contributed by atoms with Crippen molar-refractivity contribution in [1.29, 1.82) is 0 Å². The van der Waals surface area contributed by atoms with Gasteiger partial charge in [-0.2, -0.15) is 0 Å². The van der Waals surface area contributed by atoms with Crippen LogP contribution in [0.5, 0.6) is 0 Å². The third-order valence-corrected chi connectivity index (χ3v) is 3.47. The summed E-state index contributed by atoms with van der Waals surface area (Å²) in [5.41, 5.74) is 0.688. The molecule has 1 rings (SSSR count). The minimum absolute atomic E-state index is 0.235. The van der Waals surface area contributed by atoms with Gasteiger partial charge in [0.2, 0.25) is 0 Å². The number of ether oxygens (including phenoxy) is 1. The first-order chi connectivity index (χ1) is 7.95. The van der Waals surface area contributed by atoms with Crippen LogP contribution in [0.2, 0.25) is 0 Å². The van der Waals surface area contributed by atoms with Gasteiger partial charge in [0.1, 0.15) is 0 Å². The summed E-state index contributed by atoms with van der Waals surface area (Å²) < 4.78 is 4.67. The summed E-state index contributed by atoms with van der Waals surface area (Å²) in [5, 5.41) is 0. The third kappa shape index (κ3) is 3.82. The van der Waals surface area contributed by atoms with Crippen LogP contribution < -0.4 is 0 Å². The molecule has 2 unspecified atom stereocenters. The number of methoxy groups -OCH3 is 1. The molecule has 1 saturated heterocycles. The molecule has 2 atom stereocenters. The van der Waals surface area contributed by atoms with Crippen LogP contribution in [0.1, 0.15) is 13.8 Å². The fourth-order valence-corrected chi connectivity index (χ4v) is 2.38. The predicted molar refractivity (Wildman–Crippen MR) is 68.9 cm³/mol. The van der Waals surface area contributed by atoms with Crippen molar-refractivity contribution in [3.05, 3.63) is 11.6 Å². The molecule has 17 heavy (non-hydrogen) atoms. The molecule has 4 nitrogen and oxygen atoms in total. The second-order valence-corrected chi connectivity index (χ2v) is 5.11. The normalized spacial score (nSPS) is 26.6. The Kier molecular flexibility index (Phi) is 5.15. The van der Waals surface area contributed by atoms with Gasteiger partial charge in [-0.1, -0.05) is 13.0 Å². The van der Waals surface area contributed by atoms with Crippen LogP contribution in [-0.4, -0.2) is 62.7 Å². The highest BCUT2D eigenvalue weighted by Gasteiger charge is 2.30. The summed E-state index contributed by atoms with van der Waals surface area (Å²) in [6, 6.07) is 0.613. The minimum atomic E-state index is -0.235. The molecule has 0 aromatic carbocycles. The Hall–Kier alpha value is -0.870. The molecular formula is C13H24N2O2. The first-order valence-electron chi connectivity index (χ1n) is 6.09. The minimum Gasteiger partial charge on any atom is -0.466 e. The second-order valence-electron chi connectivity index (χ2n) is 5.11. The standard InChI is InChI=1S/C13H24N2O2/c1-10(13(16)17-5)6-7-15-8-11(2)12(9-15)14(3)4/h6,11-12H,7-9H2,1-5H3. The first kappa shape index (κ1) is 14.2. The van der Waals surface area contributed by atoms with Crippen LogP contribution in [0.25, 0.3) is 0 Å². The van der Waals surface area contributed by atoms with Crippen molar-refractivity contribution in [3.8, 4) is 0 Å². The van der Waals surface area contributed by atoms with E-state index in [0.717, 1.165) is 19.6 Å². The van der Waals surface area contributed by atoms with Crippen molar-refractivity contribution < 1.29 is 9.53 Å². The van der Waals surface area contributed by atoms with Gasteiger partial charge in [0, 0.05) is 31.2 Å². The van der Waals surface area contributed by atoms with E-state index in [9.17, 15) is 4.79 Å². The molecule has 4 heteroatoms. The Morgan fingerprint density at radius 3 is 2.59 bits per heavy atom. The van der Waals surface area contributed by atoms with Crippen LogP contribution >= 0.6 is 0 Å². The number of rotatable bonds is 4. The second kappa shape index (κ2) is 6.17. The zero-order valence-corrected chi connectivity index (χ0v) is 11.6. The third-order valence-electron chi connectivity index (χ3n) is 3.47. The monoisotopic (exact) mass is 240 g/mol. The largest absolute Gasteiger partial charge is 0.466 e. The topological polar surface area (TPSA) is 32.8 Å². The number of likely N-dealkylation sites (tertiary alicyclic amines) is 1. The number of hydrogen-bond donors (Lipinski definition) is 0. The van der Waals surface area contributed by atoms with Gasteiger partial charge in [0.05, 0.1) is 7.11 Å². The van der Waals surface area contributed by atoms with Crippen LogP contribution in [0.3, 0.4) is 0 Å². The van der Waals surface area contributed by atoms with Gasteiger partial charge in [-0.05, 0) is 26.9 Å². The van der Waals surface area contributed by atoms with Gasteiger partial charge >= 0.3 is 5.97 Å². The van der Waals surface area contributed by atoms with Crippen LogP contribution in [0, 0.1) is 5.92 Å². The first-order valence-corrected chi connectivity index (χ1v) is 6.09. The lowest BCUT2D eigenvalue weighted by atomic mass is 10.1. The summed E-state index contributed by atoms with van der Waals surface area (Å²) in [5.74, 6) is 0.443.